The van der Waals surface area contributed by atoms with E-state index in [1.54, 1.807) is 18.3 Å². The van der Waals surface area contributed by atoms with Gasteiger partial charge in [-0.25, -0.2) is 0 Å². The summed E-state index contributed by atoms with van der Waals surface area (Å²) < 4.78 is 5.84. The van der Waals surface area contributed by atoms with Gasteiger partial charge in [0.15, 0.2) is 0 Å². The molecule has 98 valence electrons. The Balaban J connectivity index is 2.51. The van der Waals surface area contributed by atoms with E-state index in [2.05, 4.69) is 9.97 Å². The lowest BCUT2D eigenvalue weighted by Gasteiger charge is -2.14. The van der Waals surface area contributed by atoms with Crippen molar-refractivity contribution in [1.82, 2.24) is 9.97 Å². The minimum atomic E-state index is -0.0541. The summed E-state index contributed by atoms with van der Waals surface area (Å²) in [6.07, 6.45) is 1.71. The van der Waals surface area contributed by atoms with Gasteiger partial charge in [-0.05, 0) is 32.9 Å². The zero-order valence-corrected chi connectivity index (χ0v) is 11.2. The molecule has 2 aromatic heterocycles. The standard InChI is InChI=1S/C14H16N4O/c1-8-7-12(13(14(15)16)10(3)18-8)19-11-5-4-6-17-9(11)2/h4-7H,1-3H3,(H3,15,16). The summed E-state index contributed by atoms with van der Waals surface area (Å²) in [7, 11) is 0. The van der Waals surface area contributed by atoms with Crippen LogP contribution in [0.1, 0.15) is 22.6 Å². The van der Waals surface area contributed by atoms with Crippen LogP contribution in [0.5, 0.6) is 11.5 Å². The molecule has 2 heterocycles. The number of rotatable bonds is 3. The highest BCUT2D eigenvalue weighted by Crippen LogP contribution is 2.28. The van der Waals surface area contributed by atoms with Crippen molar-refractivity contribution in [3.05, 3.63) is 47.0 Å². The van der Waals surface area contributed by atoms with Gasteiger partial charge in [-0.3, -0.25) is 15.4 Å². The Hall–Kier alpha value is -2.43. The summed E-state index contributed by atoms with van der Waals surface area (Å²) in [6, 6.07) is 5.41. The van der Waals surface area contributed by atoms with Gasteiger partial charge in [0.05, 0.1) is 17.0 Å². The van der Waals surface area contributed by atoms with Gasteiger partial charge in [0.1, 0.15) is 17.3 Å². The van der Waals surface area contributed by atoms with Gasteiger partial charge in [0.25, 0.3) is 0 Å². The maximum absolute atomic E-state index is 7.65. The number of nitrogen functional groups attached to an aromatic ring is 1. The van der Waals surface area contributed by atoms with Crippen LogP contribution in [0.15, 0.2) is 24.4 Å². The first kappa shape index (κ1) is 13.0. The van der Waals surface area contributed by atoms with Gasteiger partial charge >= 0.3 is 0 Å². The van der Waals surface area contributed by atoms with Crippen molar-refractivity contribution in [2.24, 2.45) is 5.73 Å². The first-order chi connectivity index (χ1) is 8.99. The molecule has 0 unspecified atom stereocenters. The summed E-state index contributed by atoms with van der Waals surface area (Å²) >= 11 is 0. The van der Waals surface area contributed by atoms with Crippen molar-refractivity contribution in [3.63, 3.8) is 0 Å². The molecule has 0 aliphatic rings. The Morgan fingerprint density at radius 1 is 1.21 bits per heavy atom. The highest BCUT2D eigenvalue weighted by atomic mass is 16.5. The molecular formula is C14H16N4O. The van der Waals surface area contributed by atoms with Crippen LogP contribution in [0.3, 0.4) is 0 Å². The van der Waals surface area contributed by atoms with Crippen molar-refractivity contribution in [2.75, 3.05) is 0 Å². The molecule has 0 saturated carbocycles. The molecular weight excluding hydrogens is 240 g/mol. The summed E-state index contributed by atoms with van der Waals surface area (Å²) in [6.45, 7) is 5.55. The zero-order valence-electron chi connectivity index (χ0n) is 11.2. The number of nitrogens with two attached hydrogens (primary N) is 1. The average Bonchev–Trinajstić information content (AvgIpc) is 2.30. The number of nitrogens with zero attached hydrogens (tertiary/aromatic N) is 2. The predicted octanol–water partition coefficient (Wildman–Crippen LogP) is 2.48. The maximum Gasteiger partial charge on any atom is 0.148 e. The largest absolute Gasteiger partial charge is 0.455 e. The Kier molecular flexibility index (Phi) is 3.46. The van der Waals surface area contributed by atoms with Crippen LogP contribution in [-0.2, 0) is 0 Å². The molecule has 0 fully saturated rings. The van der Waals surface area contributed by atoms with E-state index in [9.17, 15) is 0 Å². The van der Waals surface area contributed by atoms with E-state index in [1.165, 1.54) is 0 Å². The number of hydrogen-bond acceptors (Lipinski definition) is 4. The second kappa shape index (κ2) is 5.06. The van der Waals surface area contributed by atoms with Crippen LogP contribution in [-0.4, -0.2) is 15.8 Å². The van der Waals surface area contributed by atoms with Crippen molar-refractivity contribution in [3.8, 4) is 11.5 Å². The van der Waals surface area contributed by atoms with Crippen LogP contribution < -0.4 is 10.5 Å². The zero-order chi connectivity index (χ0) is 14.0. The SMILES string of the molecule is Cc1cc(Oc2cccnc2C)c(C(=N)N)c(C)n1. The molecule has 5 nitrogen and oxygen atoms in total. The van der Waals surface area contributed by atoms with Gasteiger partial charge in [0, 0.05) is 18.0 Å². The molecule has 2 aromatic rings. The third-order valence-corrected chi connectivity index (χ3v) is 2.74. The summed E-state index contributed by atoms with van der Waals surface area (Å²) in [5, 5.41) is 7.65. The van der Waals surface area contributed by atoms with Crippen LogP contribution in [0.2, 0.25) is 0 Å². The Labute approximate surface area is 112 Å². The molecule has 0 atom stereocenters. The van der Waals surface area contributed by atoms with E-state index < -0.39 is 0 Å². The summed E-state index contributed by atoms with van der Waals surface area (Å²) in [5.74, 6) is 1.13. The molecule has 0 radical (unpaired) electrons. The van der Waals surface area contributed by atoms with Crippen molar-refractivity contribution < 1.29 is 4.74 Å². The Bertz CT molecular complexity index is 637. The van der Waals surface area contributed by atoms with E-state index in [0.29, 0.717) is 22.8 Å². The van der Waals surface area contributed by atoms with Crippen LogP contribution >= 0.6 is 0 Å². The van der Waals surface area contributed by atoms with Crippen LogP contribution in [0.4, 0.5) is 0 Å². The maximum atomic E-state index is 7.65. The highest BCUT2D eigenvalue weighted by molar-refractivity contribution is 5.98. The van der Waals surface area contributed by atoms with E-state index in [-0.39, 0.29) is 5.84 Å². The highest BCUT2D eigenvalue weighted by Gasteiger charge is 2.14. The molecule has 0 aliphatic heterocycles. The first-order valence-corrected chi connectivity index (χ1v) is 5.91. The topological polar surface area (TPSA) is 84.9 Å². The normalized spacial score (nSPS) is 10.3. The van der Waals surface area contributed by atoms with E-state index in [1.807, 2.05) is 26.8 Å². The van der Waals surface area contributed by atoms with Crippen molar-refractivity contribution in [2.45, 2.75) is 20.8 Å². The molecule has 19 heavy (non-hydrogen) atoms. The molecule has 0 aromatic carbocycles. The Morgan fingerprint density at radius 3 is 2.58 bits per heavy atom. The van der Waals surface area contributed by atoms with E-state index >= 15 is 0 Å². The number of hydrogen-bond donors (Lipinski definition) is 2. The molecule has 2 rings (SSSR count). The molecule has 0 saturated heterocycles. The number of aryl methyl sites for hydroxylation is 3. The van der Waals surface area contributed by atoms with Gasteiger partial charge in [-0.2, -0.15) is 0 Å². The van der Waals surface area contributed by atoms with Gasteiger partial charge < -0.3 is 10.5 Å². The minimum absolute atomic E-state index is 0.0541. The fourth-order valence-electron chi connectivity index (χ4n) is 1.90. The quantitative estimate of drug-likeness (QED) is 0.652. The predicted molar refractivity (Wildman–Crippen MR) is 73.8 cm³/mol. The van der Waals surface area contributed by atoms with Crippen LogP contribution in [0.25, 0.3) is 0 Å². The van der Waals surface area contributed by atoms with Gasteiger partial charge in [0.2, 0.25) is 0 Å². The van der Waals surface area contributed by atoms with E-state index in [0.717, 1.165) is 11.4 Å². The second-order valence-electron chi connectivity index (χ2n) is 4.32. The Morgan fingerprint density at radius 2 is 1.95 bits per heavy atom. The van der Waals surface area contributed by atoms with Crippen LogP contribution in [0, 0.1) is 26.2 Å². The van der Waals surface area contributed by atoms with Gasteiger partial charge in [-0.15, -0.1) is 0 Å². The number of pyridine rings is 2. The minimum Gasteiger partial charge on any atom is -0.455 e. The fraction of sp³-hybridized carbons (Fsp3) is 0.214. The van der Waals surface area contributed by atoms with Crippen molar-refractivity contribution >= 4 is 5.84 Å². The molecule has 0 amide bonds. The third-order valence-electron chi connectivity index (χ3n) is 2.74. The monoisotopic (exact) mass is 256 g/mol. The third kappa shape index (κ3) is 2.70. The molecule has 0 aliphatic carbocycles. The number of ether oxygens (including phenoxy) is 1. The average molecular weight is 256 g/mol. The fourth-order valence-corrected chi connectivity index (χ4v) is 1.90. The summed E-state index contributed by atoms with van der Waals surface area (Å²) in [5.41, 5.74) is 8.41. The number of amidine groups is 1. The van der Waals surface area contributed by atoms with Gasteiger partial charge in [-0.1, -0.05) is 0 Å². The second-order valence-corrected chi connectivity index (χ2v) is 4.32. The molecule has 5 heteroatoms. The number of nitrogens with one attached hydrogen (secondary N) is 1. The smallest absolute Gasteiger partial charge is 0.148 e. The summed E-state index contributed by atoms with van der Waals surface area (Å²) in [4.78, 5) is 8.47. The lowest BCUT2D eigenvalue weighted by Crippen LogP contribution is -2.15. The van der Waals surface area contributed by atoms with Crippen molar-refractivity contribution in [1.29, 1.82) is 5.41 Å². The molecule has 3 N–H and O–H groups in total. The lowest BCUT2D eigenvalue weighted by atomic mass is 10.1. The molecule has 0 bridgehead atoms. The lowest BCUT2D eigenvalue weighted by molar-refractivity contribution is 0.472. The van der Waals surface area contributed by atoms with E-state index in [4.69, 9.17) is 15.9 Å². The number of aromatic nitrogens is 2. The molecule has 0 spiro atoms. The first-order valence-electron chi connectivity index (χ1n) is 5.91.